The molecule has 4 aliphatic rings. The van der Waals surface area contributed by atoms with E-state index in [1.165, 1.54) is 91.6 Å². The Kier molecular flexibility index (Phi) is 14.6. The zero-order valence-electron chi connectivity index (χ0n) is 26.8. The third-order valence-corrected chi connectivity index (χ3v) is 16.2. The molecule has 0 saturated heterocycles. The van der Waals surface area contributed by atoms with Crippen molar-refractivity contribution < 1.29 is 17.1 Å². The minimum absolute atomic E-state index is 0. The van der Waals surface area contributed by atoms with E-state index in [4.69, 9.17) is 0 Å². The van der Waals surface area contributed by atoms with Crippen molar-refractivity contribution in [2.75, 3.05) is 0 Å². The van der Waals surface area contributed by atoms with Crippen LogP contribution >= 0.6 is 15.8 Å². The van der Waals surface area contributed by atoms with Crippen LogP contribution in [0, 0.1) is 63.2 Å². The summed E-state index contributed by atoms with van der Waals surface area (Å²) in [7, 11) is -0.660. The Labute approximate surface area is 289 Å². The van der Waals surface area contributed by atoms with Crippen LogP contribution in [0.4, 0.5) is 0 Å². The van der Waals surface area contributed by atoms with E-state index in [9.17, 15) is 0 Å². The molecule has 0 aromatic heterocycles. The first-order valence-corrected chi connectivity index (χ1v) is 19.9. The molecule has 10 radical (unpaired) electrons. The molecule has 3 heteroatoms. The number of rotatable bonds is 8. The molecule has 3 aromatic carbocycles. The van der Waals surface area contributed by atoms with Crippen molar-refractivity contribution in [1.82, 2.24) is 0 Å². The van der Waals surface area contributed by atoms with E-state index in [2.05, 4.69) is 111 Å². The summed E-state index contributed by atoms with van der Waals surface area (Å²) in [6.45, 7) is 2.62. The quantitative estimate of drug-likeness (QED) is 0.165. The SMILES string of the molecule is C[C@H]([C]1[CH][CH][CH][C]1c1ccccc1P(c1ccccc1)c1ccccc1)P(C1CCCCC1)C1CCCCC1.[CH]1[CH][CH][CH][CH]1.[Fe]. The molecule has 0 spiro atoms. The van der Waals surface area contributed by atoms with Crippen molar-refractivity contribution in [3.63, 3.8) is 0 Å². The van der Waals surface area contributed by atoms with Crippen molar-refractivity contribution in [3.05, 3.63) is 154 Å². The summed E-state index contributed by atoms with van der Waals surface area (Å²) in [6, 6.07) is 31.7. The second kappa shape index (κ2) is 18.5. The van der Waals surface area contributed by atoms with Gasteiger partial charge in [0.05, 0.1) is 0 Å². The van der Waals surface area contributed by atoms with Gasteiger partial charge in [0.2, 0.25) is 0 Å². The molecule has 45 heavy (non-hydrogen) atoms. The average Bonchev–Trinajstić information content (AvgIpc) is 3.84. The predicted octanol–water partition coefficient (Wildman–Crippen LogP) is 10.1. The molecule has 0 aliphatic heterocycles. The maximum Gasteiger partial charge on any atom is 0.0171 e. The molecule has 4 saturated carbocycles. The fourth-order valence-corrected chi connectivity index (χ4v) is 14.5. The predicted molar refractivity (Wildman–Crippen MR) is 195 cm³/mol. The number of hydrogen-bond donors (Lipinski definition) is 0. The topological polar surface area (TPSA) is 0 Å². The first-order valence-electron chi connectivity index (χ1n) is 17.0. The summed E-state index contributed by atoms with van der Waals surface area (Å²) in [5, 5.41) is 4.35. The number of benzene rings is 3. The molecule has 0 bridgehead atoms. The van der Waals surface area contributed by atoms with Crippen LogP contribution in [-0.4, -0.2) is 17.0 Å². The fourth-order valence-electron chi connectivity index (χ4n) is 7.69. The van der Waals surface area contributed by atoms with Crippen LogP contribution in [0.1, 0.15) is 76.7 Å². The molecule has 3 aromatic rings. The molecule has 1 atom stereocenters. The molecule has 234 valence electrons. The molecular formula is C42H48FeP2. The van der Waals surface area contributed by atoms with Crippen LogP contribution in [0.2, 0.25) is 0 Å². The standard InChI is InChI=1S/C37H43P2.C5H5.Fe/c1-29(38(30-17-6-2-7-18-30)31-19-8-3-9-20-31)34-26-16-27-35(34)36-25-14-15-28-37(36)39(32-21-10-4-11-22-32)33-23-12-5-13-24-33;1-2-4-5-3-1;/h4-5,10-16,21-31H,2-3,6-9,17-20H2,1H3;1-5H;/t29-;;/m1../s1. The maximum atomic E-state index is 2.62. The molecular weight excluding hydrogens is 622 g/mol. The van der Waals surface area contributed by atoms with Crippen LogP contribution < -0.4 is 15.9 Å². The Bertz CT molecular complexity index is 1160. The van der Waals surface area contributed by atoms with E-state index < -0.39 is 7.92 Å². The van der Waals surface area contributed by atoms with Crippen LogP contribution in [-0.2, 0) is 17.1 Å². The van der Waals surface area contributed by atoms with Gasteiger partial charge in [-0.15, -0.1) is 0 Å². The van der Waals surface area contributed by atoms with Crippen molar-refractivity contribution in [1.29, 1.82) is 0 Å². The van der Waals surface area contributed by atoms with Crippen molar-refractivity contribution >= 4 is 31.8 Å². The second-order valence-corrected chi connectivity index (χ2v) is 17.9. The minimum Gasteiger partial charge on any atom is -0.0968 e. The van der Waals surface area contributed by atoms with Gasteiger partial charge in [-0.1, -0.05) is 138 Å². The number of hydrogen-bond acceptors (Lipinski definition) is 0. The summed E-state index contributed by atoms with van der Waals surface area (Å²) in [5.41, 5.74) is 4.06. The largest absolute Gasteiger partial charge is 0.0968 e. The van der Waals surface area contributed by atoms with Crippen molar-refractivity contribution in [3.8, 4) is 0 Å². The zero-order valence-corrected chi connectivity index (χ0v) is 29.6. The minimum atomic E-state index is -0.637. The van der Waals surface area contributed by atoms with Crippen LogP contribution in [0.3, 0.4) is 0 Å². The molecule has 0 heterocycles. The smallest absolute Gasteiger partial charge is 0.0171 e. The molecule has 4 fully saturated rings. The monoisotopic (exact) mass is 670 g/mol. The van der Waals surface area contributed by atoms with Crippen LogP contribution in [0.5, 0.6) is 0 Å². The first-order chi connectivity index (χ1) is 21.8. The normalized spacial score (nSPS) is 21.0. The van der Waals surface area contributed by atoms with Gasteiger partial charge < -0.3 is 0 Å². The first kappa shape index (κ1) is 35.3. The van der Waals surface area contributed by atoms with E-state index in [-0.39, 0.29) is 25.0 Å². The van der Waals surface area contributed by atoms with E-state index >= 15 is 0 Å². The van der Waals surface area contributed by atoms with Crippen LogP contribution in [0.15, 0.2) is 84.9 Å². The second-order valence-electron chi connectivity index (χ2n) is 12.6. The molecule has 4 aliphatic carbocycles. The Morgan fingerprint density at radius 1 is 0.533 bits per heavy atom. The Hall–Kier alpha value is -0.961. The van der Waals surface area contributed by atoms with Gasteiger partial charge in [0.25, 0.3) is 0 Å². The molecule has 0 nitrogen and oxygen atoms in total. The van der Waals surface area contributed by atoms with Gasteiger partial charge in [0, 0.05) is 23.0 Å². The molecule has 0 amide bonds. The fraction of sp³-hybridized carbons (Fsp3) is 0.333. The Balaban J connectivity index is 0.000000609. The van der Waals surface area contributed by atoms with E-state index in [0.29, 0.717) is 5.66 Å². The van der Waals surface area contributed by atoms with Crippen LogP contribution in [0.25, 0.3) is 0 Å². The summed E-state index contributed by atoms with van der Waals surface area (Å²) >= 11 is 0. The van der Waals surface area contributed by atoms with Gasteiger partial charge in [-0.25, -0.2) is 0 Å². The Morgan fingerprint density at radius 2 is 1.00 bits per heavy atom. The zero-order chi connectivity index (χ0) is 30.0. The van der Waals surface area contributed by atoms with E-state index in [1.807, 2.05) is 32.1 Å². The van der Waals surface area contributed by atoms with Gasteiger partial charge in [-0.2, -0.15) is 0 Å². The molecule has 7 rings (SSSR count). The van der Waals surface area contributed by atoms with Gasteiger partial charge in [0.1, 0.15) is 0 Å². The van der Waals surface area contributed by atoms with Gasteiger partial charge in [-0.05, 0) is 129 Å². The maximum absolute atomic E-state index is 2.62. The molecule has 0 N–H and O–H groups in total. The van der Waals surface area contributed by atoms with E-state index in [1.54, 1.807) is 5.92 Å². The van der Waals surface area contributed by atoms with Gasteiger partial charge >= 0.3 is 0 Å². The third kappa shape index (κ3) is 9.14. The van der Waals surface area contributed by atoms with Crippen molar-refractivity contribution in [2.24, 2.45) is 0 Å². The van der Waals surface area contributed by atoms with E-state index in [0.717, 1.165) is 11.3 Å². The summed E-state index contributed by atoms with van der Waals surface area (Å²) in [5.74, 6) is 3.12. The Morgan fingerprint density at radius 3 is 1.51 bits per heavy atom. The summed E-state index contributed by atoms with van der Waals surface area (Å²) in [4.78, 5) is 0. The average molecular weight is 671 g/mol. The third-order valence-electron chi connectivity index (χ3n) is 9.76. The van der Waals surface area contributed by atoms with Gasteiger partial charge in [0.15, 0.2) is 0 Å². The van der Waals surface area contributed by atoms with Crippen molar-refractivity contribution in [2.45, 2.75) is 88.1 Å². The van der Waals surface area contributed by atoms with Gasteiger partial charge in [-0.3, -0.25) is 0 Å². The summed E-state index contributed by atoms with van der Waals surface area (Å²) in [6.07, 6.45) is 31.9. The molecule has 0 unspecified atom stereocenters. The summed E-state index contributed by atoms with van der Waals surface area (Å²) < 4.78 is 0.